The van der Waals surface area contributed by atoms with Gasteiger partial charge in [0, 0.05) is 12.6 Å². The van der Waals surface area contributed by atoms with Crippen molar-refractivity contribution in [2.24, 2.45) is 11.8 Å². The van der Waals surface area contributed by atoms with Gasteiger partial charge in [-0.15, -0.1) is 0 Å². The summed E-state index contributed by atoms with van der Waals surface area (Å²) in [4.78, 5) is 11.8. The van der Waals surface area contributed by atoms with E-state index in [1.165, 1.54) is 38.5 Å². The first-order valence-electron chi connectivity index (χ1n) is 7.30. The van der Waals surface area contributed by atoms with Crippen LogP contribution in [-0.2, 0) is 0 Å². The van der Waals surface area contributed by atoms with Gasteiger partial charge in [0.1, 0.15) is 0 Å². The zero-order chi connectivity index (χ0) is 12.1. The Bertz CT molecular complexity index is 249. The first-order chi connectivity index (χ1) is 8.25. The molecule has 2 aliphatic carbocycles. The average molecular weight is 238 g/mol. The van der Waals surface area contributed by atoms with Gasteiger partial charge in [-0.2, -0.15) is 0 Å². The first kappa shape index (κ1) is 12.7. The van der Waals surface area contributed by atoms with Crippen molar-refractivity contribution in [2.45, 2.75) is 64.3 Å². The van der Waals surface area contributed by atoms with Gasteiger partial charge in [-0.1, -0.05) is 39.0 Å². The van der Waals surface area contributed by atoms with E-state index in [1.54, 1.807) is 0 Å². The molecule has 0 aliphatic heterocycles. The number of carbonyl (C=O) groups excluding carboxylic acids is 1. The van der Waals surface area contributed by atoms with Crippen LogP contribution < -0.4 is 10.6 Å². The van der Waals surface area contributed by atoms with Gasteiger partial charge in [0.2, 0.25) is 0 Å². The maximum Gasteiger partial charge on any atom is 0.315 e. The second-order valence-corrected chi connectivity index (χ2v) is 5.86. The summed E-state index contributed by atoms with van der Waals surface area (Å²) in [6.07, 6.45) is 10.1. The third-order valence-corrected chi connectivity index (χ3v) is 4.50. The van der Waals surface area contributed by atoms with Crippen LogP contribution in [0.15, 0.2) is 0 Å². The molecule has 2 unspecified atom stereocenters. The van der Waals surface area contributed by atoms with E-state index in [9.17, 15) is 4.79 Å². The molecule has 3 heteroatoms. The minimum absolute atomic E-state index is 0.0519. The summed E-state index contributed by atoms with van der Waals surface area (Å²) in [5, 5.41) is 6.16. The Morgan fingerprint density at radius 1 is 1.06 bits per heavy atom. The number of rotatable bonds is 3. The van der Waals surface area contributed by atoms with Gasteiger partial charge < -0.3 is 10.6 Å². The molecule has 17 heavy (non-hydrogen) atoms. The summed E-state index contributed by atoms with van der Waals surface area (Å²) in [6, 6.07) is 0.473. The van der Waals surface area contributed by atoms with Crippen molar-refractivity contribution < 1.29 is 4.79 Å². The van der Waals surface area contributed by atoms with Crippen LogP contribution in [0.2, 0.25) is 0 Å². The lowest BCUT2D eigenvalue weighted by Gasteiger charge is -2.23. The number of amides is 2. The Morgan fingerprint density at radius 3 is 2.47 bits per heavy atom. The minimum Gasteiger partial charge on any atom is -0.338 e. The molecular weight excluding hydrogens is 212 g/mol. The van der Waals surface area contributed by atoms with E-state index in [4.69, 9.17) is 0 Å². The number of urea groups is 1. The van der Waals surface area contributed by atoms with Crippen molar-refractivity contribution in [3.63, 3.8) is 0 Å². The molecule has 0 radical (unpaired) electrons. The van der Waals surface area contributed by atoms with E-state index < -0.39 is 0 Å². The zero-order valence-corrected chi connectivity index (χ0v) is 11.0. The molecule has 3 nitrogen and oxygen atoms in total. The number of hydrogen-bond donors (Lipinski definition) is 2. The summed E-state index contributed by atoms with van der Waals surface area (Å²) in [5.74, 6) is 1.48. The third kappa shape index (κ3) is 3.90. The molecule has 0 bridgehead atoms. The highest BCUT2D eigenvalue weighted by Gasteiger charge is 2.24. The van der Waals surface area contributed by atoms with Gasteiger partial charge >= 0.3 is 6.03 Å². The smallest absolute Gasteiger partial charge is 0.315 e. The lowest BCUT2D eigenvalue weighted by Crippen LogP contribution is -2.44. The predicted molar refractivity (Wildman–Crippen MR) is 69.9 cm³/mol. The maximum atomic E-state index is 11.8. The minimum atomic E-state index is 0.0519. The molecule has 2 aliphatic rings. The summed E-state index contributed by atoms with van der Waals surface area (Å²) in [6.45, 7) is 3.16. The van der Waals surface area contributed by atoms with Crippen molar-refractivity contribution in [1.29, 1.82) is 0 Å². The predicted octanol–water partition coefficient (Wildman–Crippen LogP) is 3.05. The normalized spacial score (nSPS) is 30.2. The number of nitrogens with one attached hydrogen (secondary N) is 2. The van der Waals surface area contributed by atoms with Gasteiger partial charge in [0.15, 0.2) is 0 Å². The van der Waals surface area contributed by atoms with E-state index in [0.29, 0.717) is 12.0 Å². The van der Waals surface area contributed by atoms with E-state index in [2.05, 4.69) is 17.6 Å². The maximum absolute atomic E-state index is 11.8. The van der Waals surface area contributed by atoms with Crippen LogP contribution in [0.4, 0.5) is 4.79 Å². The average Bonchev–Trinajstić information content (AvgIpc) is 2.74. The summed E-state index contributed by atoms with van der Waals surface area (Å²) >= 11 is 0. The fourth-order valence-corrected chi connectivity index (χ4v) is 3.23. The van der Waals surface area contributed by atoms with Crippen molar-refractivity contribution in [2.75, 3.05) is 6.54 Å². The SMILES string of the molecule is CC1CCCC1CNC(=O)NC1CCCCC1. The van der Waals surface area contributed by atoms with E-state index in [0.717, 1.165) is 25.3 Å². The van der Waals surface area contributed by atoms with Gasteiger partial charge in [-0.25, -0.2) is 4.79 Å². The van der Waals surface area contributed by atoms with Crippen molar-refractivity contribution in [3.8, 4) is 0 Å². The molecule has 98 valence electrons. The highest BCUT2D eigenvalue weighted by molar-refractivity contribution is 5.74. The Balaban J connectivity index is 1.63. The van der Waals surface area contributed by atoms with Gasteiger partial charge in [-0.3, -0.25) is 0 Å². The molecule has 2 atom stereocenters. The van der Waals surface area contributed by atoms with Crippen molar-refractivity contribution in [3.05, 3.63) is 0 Å². The Labute approximate surface area is 105 Å². The first-order valence-corrected chi connectivity index (χ1v) is 7.30. The molecule has 2 saturated carbocycles. The van der Waals surface area contributed by atoms with Crippen LogP contribution in [0, 0.1) is 11.8 Å². The summed E-state index contributed by atoms with van der Waals surface area (Å²) < 4.78 is 0. The topological polar surface area (TPSA) is 41.1 Å². The summed E-state index contributed by atoms with van der Waals surface area (Å²) in [7, 11) is 0. The van der Waals surface area contributed by atoms with Crippen LogP contribution >= 0.6 is 0 Å². The Hall–Kier alpha value is -0.730. The molecule has 0 aromatic rings. The lowest BCUT2D eigenvalue weighted by molar-refractivity contribution is 0.229. The standard InChI is InChI=1S/C14H26N2O/c1-11-6-5-7-12(11)10-15-14(17)16-13-8-3-2-4-9-13/h11-13H,2-10H2,1H3,(H2,15,16,17). The quantitative estimate of drug-likeness (QED) is 0.779. The highest BCUT2D eigenvalue weighted by Crippen LogP contribution is 2.30. The van der Waals surface area contributed by atoms with E-state index in [-0.39, 0.29) is 6.03 Å². The second-order valence-electron chi connectivity index (χ2n) is 5.86. The summed E-state index contributed by atoms with van der Waals surface area (Å²) in [5.41, 5.74) is 0. The van der Waals surface area contributed by atoms with Crippen LogP contribution in [-0.4, -0.2) is 18.6 Å². The fourth-order valence-electron chi connectivity index (χ4n) is 3.23. The van der Waals surface area contributed by atoms with Crippen LogP contribution in [0.3, 0.4) is 0 Å². The third-order valence-electron chi connectivity index (χ3n) is 4.50. The molecular formula is C14H26N2O. The second kappa shape index (κ2) is 6.27. The van der Waals surface area contributed by atoms with Crippen molar-refractivity contribution in [1.82, 2.24) is 10.6 Å². The molecule has 2 N–H and O–H groups in total. The van der Waals surface area contributed by atoms with E-state index in [1.807, 2.05) is 0 Å². The van der Waals surface area contributed by atoms with Gasteiger partial charge in [0.05, 0.1) is 0 Å². The molecule has 0 saturated heterocycles. The number of hydrogen-bond acceptors (Lipinski definition) is 1. The number of carbonyl (C=O) groups is 1. The molecule has 2 amide bonds. The molecule has 0 heterocycles. The van der Waals surface area contributed by atoms with Gasteiger partial charge in [-0.05, 0) is 31.1 Å². The van der Waals surface area contributed by atoms with Gasteiger partial charge in [0.25, 0.3) is 0 Å². The molecule has 2 rings (SSSR count). The van der Waals surface area contributed by atoms with E-state index >= 15 is 0 Å². The molecule has 0 aromatic heterocycles. The Kier molecular flexibility index (Phi) is 4.69. The molecule has 2 fully saturated rings. The fraction of sp³-hybridized carbons (Fsp3) is 0.929. The van der Waals surface area contributed by atoms with Crippen LogP contribution in [0.5, 0.6) is 0 Å². The highest BCUT2D eigenvalue weighted by atomic mass is 16.2. The zero-order valence-electron chi connectivity index (χ0n) is 11.0. The Morgan fingerprint density at radius 2 is 1.82 bits per heavy atom. The monoisotopic (exact) mass is 238 g/mol. The van der Waals surface area contributed by atoms with Crippen LogP contribution in [0.1, 0.15) is 58.3 Å². The van der Waals surface area contributed by atoms with Crippen molar-refractivity contribution >= 4 is 6.03 Å². The largest absolute Gasteiger partial charge is 0.338 e. The lowest BCUT2D eigenvalue weighted by atomic mass is 9.96. The van der Waals surface area contributed by atoms with Crippen LogP contribution in [0.25, 0.3) is 0 Å². The molecule has 0 spiro atoms. The molecule has 0 aromatic carbocycles.